The number of aliphatic imine (C=N–C) groups is 2. The Morgan fingerprint density at radius 3 is 1.39 bits per heavy atom. The normalized spacial score (nSPS) is 11.5. The quantitative estimate of drug-likeness (QED) is 0.0782. The molecule has 0 radical (unpaired) electrons. The maximum atomic E-state index is 5.44. The van der Waals surface area contributed by atoms with Gasteiger partial charge in [0.2, 0.25) is 0 Å². The number of unbranched alkanes of at least 4 members (excludes halogenated alkanes) is 10. The number of nitrogens with zero attached hydrogens (tertiary/aromatic N) is 2. The number of rotatable bonds is 21. The summed E-state index contributed by atoms with van der Waals surface area (Å²) in [7, 11) is 0. The monoisotopic (exact) mass is 592 g/mol. The fraction of sp³-hybridized carbons (Fsp3) is 0.571. The Morgan fingerprint density at radius 2 is 0.886 bits per heavy atom. The summed E-state index contributed by atoms with van der Waals surface area (Å²) in [6, 6.07) is 17.5. The molecule has 0 saturated heterocycles. The van der Waals surface area contributed by atoms with Crippen molar-refractivity contribution in [1.82, 2.24) is 0 Å². The van der Waals surface area contributed by atoms with Gasteiger partial charge in [0.15, 0.2) is 0 Å². The van der Waals surface area contributed by atoms with Crippen LogP contribution in [0.4, 0.5) is 11.4 Å². The largest absolute Gasteiger partial charge is 0.251 e. The van der Waals surface area contributed by atoms with E-state index in [0.717, 1.165) is 101 Å². The third-order valence-corrected chi connectivity index (χ3v) is 7.86. The first kappa shape index (κ1) is 37.1. The minimum absolute atomic E-state index is 0.951. The summed E-state index contributed by atoms with van der Waals surface area (Å²) in [5.74, 6) is 13.3. The van der Waals surface area contributed by atoms with Crippen LogP contribution in [0, 0.1) is 23.7 Å². The molecule has 0 saturated carbocycles. The summed E-state index contributed by atoms with van der Waals surface area (Å²) in [4.78, 5) is 10.8. The molecule has 238 valence electrons. The lowest BCUT2D eigenvalue weighted by Gasteiger charge is -2.14. The van der Waals surface area contributed by atoms with E-state index in [-0.39, 0.29) is 0 Å². The Morgan fingerprint density at radius 1 is 0.455 bits per heavy atom. The van der Waals surface area contributed by atoms with Gasteiger partial charge in [0.25, 0.3) is 0 Å². The van der Waals surface area contributed by atoms with E-state index in [4.69, 9.17) is 9.98 Å². The third kappa shape index (κ3) is 16.1. The fourth-order valence-corrected chi connectivity index (χ4v) is 5.24. The van der Waals surface area contributed by atoms with E-state index in [2.05, 4.69) is 99.9 Å². The Hall–Kier alpha value is -3.10. The summed E-state index contributed by atoms with van der Waals surface area (Å²) in [6.45, 7) is 8.93. The van der Waals surface area contributed by atoms with Crippen LogP contribution in [0.15, 0.2) is 58.5 Å². The minimum Gasteiger partial charge on any atom is -0.251 e. The first-order chi connectivity index (χ1) is 21.7. The Bertz CT molecular complexity index is 1230. The van der Waals surface area contributed by atoms with Crippen LogP contribution >= 0.6 is 0 Å². The molecule has 0 aromatic heterocycles. The predicted molar refractivity (Wildman–Crippen MR) is 196 cm³/mol. The molecule has 0 atom stereocenters. The number of benzene rings is 2. The molecule has 0 aliphatic rings. The molecule has 2 nitrogen and oxygen atoms in total. The van der Waals surface area contributed by atoms with Gasteiger partial charge < -0.3 is 0 Å². The van der Waals surface area contributed by atoms with E-state index in [0.29, 0.717) is 0 Å². The van der Waals surface area contributed by atoms with Crippen molar-refractivity contribution in [2.75, 3.05) is 0 Å². The van der Waals surface area contributed by atoms with E-state index < -0.39 is 0 Å². The molecule has 2 rings (SSSR count). The Balaban J connectivity index is 2.38. The molecule has 2 aromatic rings. The van der Waals surface area contributed by atoms with Crippen molar-refractivity contribution in [3.63, 3.8) is 0 Å². The van der Waals surface area contributed by atoms with Crippen molar-refractivity contribution in [1.29, 1.82) is 0 Å². The number of hydrogen-bond donors (Lipinski definition) is 0. The van der Waals surface area contributed by atoms with Crippen LogP contribution in [0.1, 0.15) is 154 Å². The number of aryl methyl sites for hydroxylation is 2. The van der Waals surface area contributed by atoms with Gasteiger partial charge in [0.1, 0.15) is 0 Å². The van der Waals surface area contributed by atoms with Crippen molar-refractivity contribution in [3.05, 3.63) is 59.7 Å². The summed E-state index contributed by atoms with van der Waals surface area (Å²) >= 11 is 0. The molecular weight excluding hydrogens is 532 g/mol. The Labute approximate surface area is 271 Å². The smallest absolute Gasteiger partial charge is 0.0665 e. The zero-order chi connectivity index (χ0) is 31.5. The lowest BCUT2D eigenvalue weighted by atomic mass is 10.00. The van der Waals surface area contributed by atoms with E-state index in [9.17, 15) is 0 Å². The highest BCUT2D eigenvalue weighted by atomic mass is 14.8. The molecule has 0 aliphatic carbocycles. The summed E-state index contributed by atoms with van der Waals surface area (Å²) in [5.41, 5.74) is 7.22. The van der Waals surface area contributed by atoms with Gasteiger partial charge in [0.05, 0.1) is 22.8 Å². The molecule has 0 spiro atoms. The molecule has 0 unspecified atom stereocenters. The SMILES string of the molecule is CCCC#CCCCc1ccccc1N=C(CCCC)C(CCCCCCCC)=Nc1ccccc1CCCC#CCCC. The molecule has 0 aliphatic heterocycles. The molecular formula is C42H60N2. The molecule has 0 N–H and O–H groups in total. The highest BCUT2D eigenvalue weighted by Gasteiger charge is 2.13. The summed E-state index contributed by atoms with van der Waals surface area (Å²) < 4.78 is 0. The molecule has 0 fully saturated rings. The zero-order valence-electron chi connectivity index (χ0n) is 28.7. The van der Waals surface area contributed by atoms with Crippen molar-refractivity contribution < 1.29 is 0 Å². The lowest BCUT2D eigenvalue weighted by molar-refractivity contribution is 0.616. The average Bonchev–Trinajstić information content (AvgIpc) is 3.05. The maximum Gasteiger partial charge on any atom is 0.0665 e. The zero-order valence-corrected chi connectivity index (χ0v) is 28.7. The lowest BCUT2D eigenvalue weighted by Crippen LogP contribution is -2.15. The van der Waals surface area contributed by atoms with Crippen LogP contribution in [0.2, 0.25) is 0 Å². The predicted octanol–water partition coefficient (Wildman–Crippen LogP) is 12.7. The number of hydrogen-bond acceptors (Lipinski definition) is 2. The standard InChI is InChI=1S/C42H60N2/c1-5-9-13-16-19-22-29-37-31-25-27-34-39(37)43-41(33-12-8-4)42(36-24-21-18-15-11-7-3)44-40-35-28-26-32-38(40)30-23-20-17-14-10-6-2/h25-28,31-32,34-35H,5-12,15,18-24,29-30,33,36H2,1-4H3. The van der Waals surface area contributed by atoms with Gasteiger partial charge in [-0.15, -0.1) is 23.7 Å². The van der Waals surface area contributed by atoms with Gasteiger partial charge >= 0.3 is 0 Å². The van der Waals surface area contributed by atoms with Crippen LogP contribution in [-0.2, 0) is 12.8 Å². The second kappa shape index (κ2) is 25.2. The van der Waals surface area contributed by atoms with Crippen molar-refractivity contribution in [3.8, 4) is 23.7 Å². The molecule has 2 heteroatoms. The van der Waals surface area contributed by atoms with Crippen molar-refractivity contribution >= 4 is 22.8 Å². The molecule has 44 heavy (non-hydrogen) atoms. The molecule has 0 amide bonds. The van der Waals surface area contributed by atoms with Gasteiger partial charge in [-0.1, -0.05) is 103 Å². The maximum absolute atomic E-state index is 5.44. The van der Waals surface area contributed by atoms with Crippen LogP contribution in [0.25, 0.3) is 0 Å². The van der Waals surface area contributed by atoms with Crippen LogP contribution < -0.4 is 0 Å². The van der Waals surface area contributed by atoms with E-state index in [1.807, 2.05) is 0 Å². The van der Waals surface area contributed by atoms with Gasteiger partial charge in [-0.05, 0) is 87.5 Å². The highest BCUT2D eigenvalue weighted by molar-refractivity contribution is 6.43. The fourth-order valence-electron chi connectivity index (χ4n) is 5.24. The molecule has 2 aromatic carbocycles. The second-order valence-electron chi connectivity index (χ2n) is 11.9. The van der Waals surface area contributed by atoms with Crippen LogP contribution in [0.5, 0.6) is 0 Å². The van der Waals surface area contributed by atoms with Gasteiger partial charge in [-0.3, -0.25) is 9.98 Å². The van der Waals surface area contributed by atoms with Gasteiger partial charge in [0, 0.05) is 25.7 Å². The second-order valence-corrected chi connectivity index (χ2v) is 11.9. The average molecular weight is 593 g/mol. The topological polar surface area (TPSA) is 24.7 Å². The molecule has 0 bridgehead atoms. The summed E-state index contributed by atoms with van der Waals surface area (Å²) in [5, 5.41) is 0. The third-order valence-electron chi connectivity index (χ3n) is 7.86. The Kier molecular flexibility index (Phi) is 21.3. The minimum atomic E-state index is 0.951. The first-order valence-electron chi connectivity index (χ1n) is 18.0. The van der Waals surface area contributed by atoms with Crippen molar-refractivity contribution in [2.24, 2.45) is 9.98 Å². The van der Waals surface area contributed by atoms with Crippen LogP contribution in [-0.4, -0.2) is 11.4 Å². The van der Waals surface area contributed by atoms with E-state index in [1.54, 1.807) is 0 Å². The van der Waals surface area contributed by atoms with Gasteiger partial charge in [-0.25, -0.2) is 0 Å². The van der Waals surface area contributed by atoms with E-state index >= 15 is 0 Å². The van der Waals surface area contributed by atoms with Gasteiger partial charge in [-0.2, -0.15) is 0 Å². The summed E-state index contributed by atoms with van der Waals surface area (Å²) in [6.07, 6.45) is 22.2. The highest BCUT2D eigenvalue weighted by Crippen LogP contribution is 2.26. The first-order valence-corrected chi connectivity index (χ1v) is 18.0. The molecule has 0 heterocycles. The van der Waals surface area contributed by atoms with Crippen molar-refractivity contribution in [2.45, 2.75) is 156 Å². The van der Waals surface area contributed by atoms with Crippen LogP contribution in [0.3, 0.4) is 0 Å². The van der Waals surface area contributed by atoms with E-state index in [1.165, 1.54) is 61.1 Å². The number of para-hydroxylation sites is 2.